The highest BCUT2D eigenvalue weighted by atomic mass is 32.2. The molecule has 1 fully saturated rings. The van der Waals surface area contributed by atoms with Crippen molar-refractivity contribution in [1.29, 1.82) is 0 Å². The van der Waals surface area contributed by atoms with Crippen LogP contribution in [0.1, 0.15) is 38.5 Å². The Balaban J connectivity index is 2.63. The molecule has 0 aromatic heterocycles. The first-order valence-corrected chi connectivity index (χ1v) is 9.19. The van der Waals surface area contributed by atoms with E-state index >= 15 is 0 Å². The van der Waals surface area contributed by atoms with E-state index in [4.69, 9.17) is 0 Å². The van der Waals surface area contributed by atoms with Crippen LogP contribution in [-0.4, -0.2) is 69.7 Å². The van der Waals surface area contributed by atoms with Crippen LogP contribution >= 0.6 is 0 Å². The molecule has 0 amide bonds. The van der Waals surface area contributed by atoms with Crippen LogP contribution in [0.2, 0.25) is 0 Å². The first-order chi connectivity index (χ1) is 9.86. The summed E-state index contributed by atoms with van der Waals surface area (Å²) in [6, 6.07) is 0.132. The molecule has 1 saturated carbocycles. The summed E-state index contributed by atoms with van der Waals surface area (Å²) in [6.07, 6.45) is 4.57. The zero-order valence-corrected chi connectivity index (χ0v) is 14.2. The Morgan fingerprint density at radius 1 is 1.19 bits per heavy atom. The van der Waals surface area contributed by atoms with E-state index in [2.05, 4.69) is 4.74 Å². The number of hydrogen-bond acceptors (Lipinski definition) is 5. The number of carbonyl (C=O) groups excluding carboxylic acids is 1. The minimum absolute atomic E-state index is 0.0199. The van der Waals surface area contributed by atoms with Crippen molar-refractivity contribution in [2.45, 2.75) is 44.6 Å². The Morgan fingerprint density at radius 3 is 2.33 bits per heavy atom. The zero-order chi connectivity index (χ0) is 15.9. The van der Waals surface area contributed by atoms with Gasteiger partial charge in [-0.05, 0) is 33.4 Å². The summed E-state index contributed by atoms with van der Waals surface area (Å²) >= 11 is 0. The lowest BCUT2D eigenvalue weighted by atomic mass is 10.2. The Hall–Kier alpha value is -0.660. The largest absolute Gasteiger partial charge is 0.469 e. The van der Waals surface area contributed by atoms with Crippen molar-refractivity contribution in [3.8, 4) is 0 Å². The normalized spacial score (nSPS) is 16.8. The van der Waals surface area contributed by atoms with Crippen molar-refractivity contribution >= 4 is 16.0 Å². The number of methoxy groups -OCH3 is 1. The molecule has 1 aliphatic carbocycles. The van der Waals surface area contributed by atoms with Gasteiger partial charge in [0.1, 0.15) is 0 Å². The van der Waals surface area contributed by atoms with Crippen LogP contribution in [0.5, 0.6) is 0 Å². The molecule has 6 nitrogen and oxygen atoms in total. The molecular formula is C14H28N2O4S. The molecule has 1 rings (SSSR count). The third-order valence-electron chi connectivity index (χ3n) is 3.87. The van der Waals surface area contributed by atoms with Gasteiger partial charge in [0.15, 0.2) is 0 Å². The topological polar surface area (TPSA) is 66.9 Å². The number of carbonyl (C=O) groups is 1. The SMILES string of the molecule is COC(=O)CCCS(=O)(=O)N(CCN(C)C)C1CCCC1. The molecule has 0 saturated heterocycles. The predicted molar refractivity (Wildman–Crippen MR) is 82.6 cm³/mol. The van der Waals surface area contributed by atoms with E-state index in [0.717, 1.165) is 25.7 Å². The summed E-state index contributed by atoms with van der Waals surface area (Å²) in [6.45, 7) is 1.24. The molecule has 0 unspecified atom stereocenters. The second-order valence-corrected chi connectivity index (χ2v) is 7.89. The van der Waals surface area contributed by atoms with Crippen molar-refractivity contribution in [2.24, 2.45) is 0 Å². The smallest absolute Gasteiger partial charge is 0.305 e. The van der Waals surface area contributed by atoms with Crippen LogP contribution in [0.3, 0.4) is 0 Å². The van der Waals surface area contributed by atoms with Gasteiger partial charge in [-0.2, -0.15) is 4.31 Å². The summed E-state index contributed by atoms with van der Waals surface area (Å²) in [5.41, 5.74) is 0. The third kappa shape index (κ3) is 6.32. The van der Waals surface area contributed by atoms with Crippen molar-refractivity contribution in [3.63, 3.8) is 0 Å². The summed E-state index contributed by atoms with van der Waals surface area (Å²) in [5, 5.41) is 0. The second kappa shape index (κ2) is 8.70. The number of likely N-dealkylation sites (N-methyl/N-ethyl adjacent to an activating group) is 1. The number of nitrogens with zero attached hydrogens (tertiary/aromatic N) is 2. The zero-order valence-electron chi connectivity index (χ0n) is 13.4. The molecule has 0 N–H and O–H groups in total. The van der Waals surface area contributed by atoms with Gasteiger partial charge in [-0.1, -0.05) is 12.8 Å². The van der Waals surface area contributed by atoms with E-state index in [9.17, 15) is 13.2 Å². The van der Waals surface area contributed by atoms with Gasteiger partial charge in [0, 0.05) is 25.6 Å². The number of ether oxygens (including phenoxy) is 1. The molecule has 0 heterocycles. The van der Waals surface area contributed by atoms with Crippen LogP contribution < -0.4 is 0 Å². The van der Waals surface area contributed by atoms with Gasteiger partial charge < -0.3 is 9.64 Å². The minimum atomic E-state index is -3.31. The van der Waals surface area contributed by atoms with E-state index in [1.54, 1.807) is 4.31 Å². The molecule has 0 spiro atoms. The van der Waals surface area contributed by atoms with Crippen LogP contribution in [0.25, 0.3) is 0 Å². The average Bonchev–Trinajstić information content (AvgIpc) is 2.91. The lowest BCUT2D eigenvalue weighted by molar-refractivity contribution is -0.140. The van der Waals surface area contributed by atoms with E-state index in [1.165, 1.54) is 7.11 Å². The molecule has 0 aromatic carbocycles. The van der Waals surface area contributed by atoms with Gasteiger partial charge >= 0.3 is 5.97 Å². The van der Waals surface area contributed by atoms with Crippen molar-refractivity contribution in [1.82, 2.24) is 9.21 Å². The highest BCUT2D eigenvalue weighted by Crippen LogP contribution is 2.26. The lowest BCUT2D eigenvalue weighted by Crippen LogP contribution is -2.43. The third-order valence-corrected chi connectivity index (χ3v) is 5.87. The molecule has 0 radical (unpaired) electrons. The Bertz CT molecular complexity index is 417. The summed E-state index contributed by atoms with van der Waals surface area (Å²) < 4.78 is 31.3. The fraction of sp³-hybridized carbons (Fsp3) is 0.929. The maximum Gasteiger partial charge on any atom is 0.305 e. The van der Waals surface area contributed by atoms with Gasteiger partial charge in [-0.25, -0.2) is 8.42 Å². The van der Waals surface area contributed by atoms with Gasteiger partial charge in [0.25, 0.3) is 0 Å². The predicted octanol–water partition coefficient (Wildman–Crippen LogP) is 1.08. The number of esters is 1. The van der Waals surface area contributed by atoms with Gasteiger partial charge in [-0.3, -0.25) is 4.79 Å². The monoisotopic (exact) mass is 320 g/mol. The fourth-order valence-electron chi connectivity index (χ4n) is 2.66. The number of hydrogen-bond donors (Lipinski definition) is 0. The van der Waals surface area contributed by atoms with E-state index in [0.29, 0.717) is 19.5 Å². The van der Waals surface area contributed by atoms with Crippen molar-refractivity contribution in [2.75, 3.05) is 40.0 Å². The fourth-order valence-corrected chi connectivity index (χ4v) is 4.43. The first kappa shape index (κ1) is 18.4. The molecule has 1 aliphatic rings. The highest BCUT2D eigenvalue weighted by Gasteiger charge is 2.31. The summed E-state index contributed by atoms with van der Waals surface area (Å²) in [5.74, 6) is -0.336. The maximum absolute atomic E-state index is 12.6. The molecule has 7 heteroatoms. The van der Waals surface area contributed by atoms with E-state index in [-0.39, 0.29) is 24.2 Å². The molecule has 124 valence electrons. The molecule has 0 aliphatic heterocycles. The standard InChI is InChI=1S/C14H28N2O4S/c1-15(2)10-11-16(13-7-4-5-8-13)21(18,19)12-6-9-14(17)20-3/h13H,4-12H2,1-3H3. The Morgan fingerprint density at radius 2 is 1.81 bits per heavy atom. The highest BCUT2D eigenvalue weighted by molar-refractivity contribution is 7.89. The first-order valence-electron chi connectivity index (χ1n) is 7.58. The van der Waals surface area contributed by atoms with Crippen LogP contribution in [-0.2, 0) is 19.6 Å². The molecule has 0 aromatic rings. The van der Waals surface area contributed by atoms with Gasteiger partial charge in [0.05, 0.1) is 12.9 Å². The van der Waals surface area contributed by atoms with Crippen LogP contribution in [0, 0.1) is 0 Å². The second-order valence-electron chi connectivity index (χ2n) is 5.85. The lowest BCUT2D eigenvalue weighted by Gasteiger charge is -2.29. The molecule has 21 heavy (non-hydrogen) atoms. The Labute approximate surface area is 128 Å². The quantitative estimate of drug-likeness (QED) is 0.595. The van der Waals surface area contributed by atoms with Crippen LogP contribution in [0.4, 0.5) is 0 Å². The minimum Gasteiger partial charge on any atom is -0.469 e. The van der Waals surface area contributed by atoms with Gasteiger partial charge in [0.2, 0.25) is 10.0 Å². The molecule has 0 bridgehead atoms. The van der Waals surface area contributed by atoms with Crippen molar-refractivity contribution in [3.05, 3.63) is 0 Å². The maximum atomic E-state index is 12.6. The van der Waals surface area contributed by atoms with E-state index < -0.39 is 10.0 Å². The van der Waals surface area contributed by atoms with Gasteiger partial charge in [-0.15, -0.1) is 0 Å². The Kier molecular flexibility index (Phi) is 7.62. The van der Waals surface area contributed by atoms with Crippen molar-refractivity contribution < 1.29 is 17.9 Å². The number of sulfonamides is 1. The molecule has 0 atom stereocenters. The van der Waals surface area contributed by atoms with E-state index in [1.807, 2.05) is 19.0 Å². The summed E-state index contributed by atoms with van der Waals surface area (Å²) in [4.78, 5) is 13.1. The number of rotatable bonds is 9. The summed E-state index contributed by atoms with van der Waals surface area (Å²) in [7, 11) is 1.89. The average molecular weight is 320 g/mol. The molecular weight excluding hydrogens is 292 g/mol. The van der Waals surface area contributed by atoms with Crippen LogP contribution in [0.15, 0.2) is 0 Å².